The monoisotopic (exact) mass is 189 g/mol. The quantitative estimate of drug-likeness (QED) is 0.378. The summed E-state index contributed by atoms with van der Waals surface area (Å²) in [6.45, 7) is 0. The molecule has 14 heavy (non-hydrogen) atoms. The number of hydrogen-bond acceptors (Lipinski definition) is 1. The predicted octanol–water partition coefficient (Wildman–Crippen LogP) is 3.23. The van der Waals surface area contributed by atoms with Gasteiger partial charge < -0.3 is 5.21 Å². The Morgan fingerprint density at radius 1 is 0.929 bits per heavy atom. The Balaban J connectivity index is 2.25. The minimum Gasteiger partial charge on any atom is -0.618 e. The molecule has 0 amide bonds. The molecule has 0 radical (unpaired) electrons. The van der Waals surface area contributed by atoms with Crippen LogP contribution in [0.25, 0.3) is 0 Å². The minimum absolute atomic E-state index is 0.768. The summed E-state index contributed by atoms with van der Waals surface area (Å²) in [5.74, 6) is 0. The maximum absolute atomic E-state index is 11.9. The molecule has 2 heteroatoms. The molecule has 1 aliphatic rings. The Morgan fingerprint density at radius 2 is 1.57 bits per heavy atom. The number of hydrogen-bond donors (Lipinski definition) is 0. The maximum atomic E-state index is 11.9. The van der Waals surface area contributed by atoms with E-state index in [2.05, 4.69) is 0 Å². The summed E-state index contributed by atoms with van der Waals surface area (Å²) in [5, 5.41) is 11.9. The normalized spacial score (nSPS) is 16.7. The molecule has 0 aromatic heterocycles. The van der Waals surface area contributed by atoms with Gasteiger partial charge in [0.2, 0.25) is 5.69 Å². The molecule has 1 aliphatic carbocycles. The Morgan fingerprint density at radius 3 is 2.21 bits per heavy atom. The lowest BCUT2D eigenvalue weighted by Crippen LogP contribution is -2.15. The van der Waals surface area contributed by atoms with Crippen molar-refractivity contribution in [2.24, 2.45) is 0 Å². The van der Waals surface area contributed by atoms with E-state index in [1.165, 1.54) is 19.3 Å². The molecule has 1 aromatic rings. The van der Waals surface area contributed by atoms with Crippen LogP contribution in [0.3, 0.4) is 0 Å². The summed E-state index contributed by atoms with van der Waals surface area (Å²) < 4.78 is 1.11. The van der Waals surface area contributed by atoms with Crippen molar-refractivity contribution >= 4 is 11.4 Å². The summed E-state index contributed by atoms with van der Waals surface area (Å²) in [6.07, 6.45) is 5.55. The molecule has 1 saturated carbocycles. The second kappa shape index (κ2) is 4.27. The van der Waals surface area contributed by atoms with E-state index in [9.17, 15) is 5.21 Å². The van der Waals surface area contributed by atoms with Crippen molar-refractivity contribution in [2.75, 3.05) is 0 Å². The Kier molecular flexibility index (Phi) is 2.82. The number of nitrogens with zero attached hydrogens (tertiary/aromatic N) is 1. The maximum Gasteiger partial charge on any atom is 0.216 e. The van der Waals surface area contributed by atoms with E-state index >= 15 is 0 Å². The van der Waals surface area contributed by atoms with E-state index in [0.717, 1.165) is 29.0 Å². The largest absolute Gasteiger partial charge is 0.618 e. The fourth-order valence-electron chi connectivity index (χ4n) is 1.91. The van der Waals surface area contributed by atoms with Crippen LogP contribution in [0.4, 0.5) is 5.69 Å². The second-order valence-electron chi connectivity index (χ2n) is 3.76. The highest BCUT2D eigenvalue weighted by Crippen LogP contribution is 2.18. The van der Waals surface area contributed by atoms with E-state index in [-0.39, 0.29) is 0 Å². The van der Waals surface area contributed by atoms with E-state index in [1.54, 1.807) is 0 Å². The highest BCUT2D eigenvalue weighted by molar-refractivity contribution is 5.81. The van der Waals surface area contributed by atoms with Crippen LogP contribution in [0, 0.1) is 5.21 Å². The fourth-order valence-corrected chi connectivity index (χ4v) is 1.91. The molecule has 0 aliphatic heterocycles. The summed E-state index contributed by atoms with van der Waals surface area (Å²) in [5.41, 5.74) is 1.81. The lowest BCUT2D eigenvalue weighted by atomic mass is 9.98. The topological polar surface area (TPSA) is 26.1 Å². The molecular weight excluding hydrogens is 174 g/mol. The summed E-state index contributed by atoms with van der Waals surface area (Å²) in [7, 11) is 0. The highest BCUT2D eigenvalue weighted by atomic mass is 16.5. The third kappa shape index (κ3) is 1.95. The predicted molar refractivity (Wildman–Crippen MR) is 57.8 cm³/mol. The smallest absolute Gasteiger partial charge is 0.216 e. The molecule has 0 bridgehead atoms. The van der Waals surface area contributed by atoms with Gasteiger partial charge in [0, 0.05) is 25.0 Å². The summed E-state index contributed by atoms with van der Waals surface area (Å²) in [4.78, 5) is 0. The standard InChI is InChI=1S/C12H15NO/c14-13(11-7-3-1-4-8-11)12-9-5-2-6-10-12/h1,3-4,7-8H,2,5-6,9-10H2. The molecule has 0 spiro atoms. The van der Waals surface area contributed by atoms with Gasteiger partial charge in [-0.15, -0.1) is 0 Å². The second-order valence-corrected chi connectivity index (χ2v) is 3.76. The first kappa shape index (κ1) is 9.25. The van der Waals surface area contributed by atoms with Crippen molar-refractivity contribution in [3.63, 3.8) is 0 Å². The van der Waals surface area contributed by atoms with Crippen LogP contribution in [0.5, 0.6) is 0 Å². The van der Waals surface area contributed by atoms with Gasteiger partial charge in [0.05, 0.1) is 0 Å². The zero-order valence-corrected chi connectivity index (χ0v) is 8.28. The lowest BCUT2D eigenvalue weighted by Gasteiger charge is -2.14. The van der Waals surface area contributed by atoms with Gasteiger partial charge in [0.25, 0.3) is 0 Å². The van der Waals surface area contributed by atoms with Crippen LogP contribution < -0.4 is 0 Å². The van der Waals surface area contributed by atoms with Gasteiger partial charge in [-0.3, -0.25) is 0 Å². The van der Waals surface area contributed by atoms with Crippen LogP contribution >= 0.6 is 0 Å². The summed E-state index contributed by atoms with van der Waals surface area (Å²) >= 11 is 0. The van der Waals surface area contributed by atoms with E-state index in [1.807, 2.05) is 30.3 Å². The van der Waals surface area contributed by atoms with Crippen molar-refractivity contribution in [3.05, 3.63) is 35.5 Å². The fraction of sp³-hybridized carbons (Fsp3) is 0.417. The van der Waals surface area contributed by atoms with Gasteiger partial charge in [-0.1, -0.05) is 24.6 Å². The molecule has 0 unspecified atom stereocenters. The molecule has 2 nitrogen and oxygen atoms in total. The third-order valence-electron chi connectivity index (χ3n) is 2.71. The first-order chi connectivity index (χ1) is 6.88. The Bertz CT molecular complexity index is 321. The van der Waals surface area contributed by atoms with Gasteiger partial charge in [-0.25, -0.2) is 0 Å². The van der Waals surface area contributed by atoms with Crippen LogP contribution in [-0.4, -0.2) is 10.5 Å². The first-order valence-electron chi connectivity index (χ1n) is 5.25. The Hall–Kier alpha value is -1.31. The first-order valence-corrected chi connectivity index (χ1v) is 5.25. The highest BCUT2D eigenvalue weighted by Gasteiger charge is 2.15. The van der Waals surface area contributed by atoms with Crippen molar-refractivity contribution < 1.29 is 4.74 Å². The number of benzene rings is 1. The van der Waals surface area contributed by atoms with Crippen LogP contribution in [0.1, 0.15) is 32.1 Å². The van der Waals surface area contributed by atoms with Crippen molar-refractivity contribution in [1.29, 1.82) is 0 Å². The molecule has 0 heterocycles. The molecule has 0 N–H and O–H groups in total. The Labute approximate surface area is 84.5 Å². The molecule has 1 aromatic carbocycles. The van der Waals surface area contributed by atoms with E-state index in [4.69, 9.17) is 0 Å². The van der Waals surface area contributed by atoms with Crippen molar-refractivity contribution in [3.8, 4) is 0 Å². The van der Waals surface area contributed by atoms with Gasteiger partial charge >= 0.3 is 0 Å². The zero-order valence-electron chi connectivity index (χ0n) is 8.28. The molecule has 1 fully saturated rings. The van der Waals surface area contributed by atoms with E-state index < -0.39 is 0 Å². The SMILES string of the molecule is [O-][N+](=C1CCCCC1)c1ccccc1. The van der Waals surface area contributed by atoms with Gasteiger partial charge in [0.1, 0.15) is 0 Å². The molecule has 0 saturated heterocycles. The van der Waals surface area contributed by atoms with Crippen molar-refractivity contribution in [2.45, 2.75) is 32.1 Å². The van der Waals surface area contributed by atoms with Crippen LogP contribution in [0.15, 0.2) is 30.3 Å². The number of para-hydroxylation sites is 1. The summed E-state index contributed by atoms with van der Waals surface area (Å²) in [6, 6.07) is 9.49. The third-order valence-corrected chi connectivity index (χ3v) is 2.71. The molecular formula is C12H15NO. The molecule has 74 valence electrons. The zero-order chi connectivity index (χ0) is 9.80. The average molecular weight is 189 g/mol. The minimum atomic E-state index is 0.768. The number of rotatable bonds is 1. The molecule has 2 rings (SSSR count). The lowest BCUT2D eigenvalue weighted by molar-refractivity contribution is -0.364. The average Bonchev–Trinajstić information content (AvgIpc) is 2.30. The van der Waals surface area contributed by atoms with E-state index in [0.29, 0.717) is 0 Å². The van der Waals surface area contributed by atoms with Gasteiger partial charge in [-0.05, 0) is 12.8 Å². The van der Waals surface area contributed by atoms with Gasteiger partial charge in [-0.2, -0.15) is 4.74 Å². The van der Waals surface area contributed by atoms with Gasteiger partial charge in [0.15, 0.2) is 5.71 Å². The molecule has 0 atom stereocenters. The van der Waals surface area contributed by atoms with Crippen LogP contribution in [0.2, 0.25) is 0 Å². The van der Waals surface area contributed by atoms with Crippen molar-refractivity contribution in [1.82, 2.24) is 0 Å². The van der Waals surface area contributed by atoms with Crippen LogP contribution in [-0.2, 0) is 0 Å².